The number of rotatable bonds is 10. The molecule has 0 spiro atoms. The summed E-state index contributed by atoms with van der Waals surface area (Å²) in [5.74, 6) is 6.98. The fraction of sp³-hybridized carbons (Fsp3) is 0.696. The fourth-order valence-corrected chi connectivity index (χ4v) is 2.11. The van der Waals surface area contributed by atoms with Crippen LogP contribution in [0.1, 0.15) is 72.8 Å². The molecule has 0 atom stereocenters. The van der Waals surface area contributed by atoms with Gasteiger partial charge in [-0.2, -0.15) is 0 Å². The van der Waals surface area contributed by atoms with Crippen LogP contribution >= 0.6 is 0 Å². The molecule has 1 aromatic heterocycles. The third-order valence-electron chi connectivity index (χ3n) is 3.42. The molecule has 0 unspecified atom stereocenters. The molecule has 0 aliphatic carbocycles. The van der Waals surface area contributed by atoms with Crippen molar-refractivity contribution in [3.63, 3.8) is 0 Å². The Hall–Kier alpha value is -1.57. The van der Waals surface area contributed by atoms with Gasteiger partial charge in [0.2, 0.25) is 5.88 Å². The highest BCUT2D eigenvalue weighted by atomic mass is 16.5. The van der Waals surface area contributed by atoms with E-state index in [2.05, 4.69) is 58.4 Å². The number of nitrogens with zero attached hydrogens (tertiary/aromatic N) is 1. The van der Waals surface area contributed by atoms with Gasteiger partial charge in [-0.15, -0.1) is 0 Å². The van der Waals surface area contributed by atoms with Crippen LogP contribution in [0, 0.1) is 17.3 Å². The van der Waals surface area contributed by atoms with Gasteiger partial charge >= 0.3 is 0 Å². The number of pyridine rings is 1. The van der Waals surface area contributed by atoms with Crippen molar-refractivity contribution in [2.24, 2.45) is 5.41 Å². The van der Waals surface area contributed by atoms with Gasteiger partial charge in [0.05, 0.1) is 18.8 Å². The molecular formula is C23H37NO3. The Labute approximate surface area is 166 Å². The molecule has 0 aromatic carbocycles. The number of ether oxygens (including phenoxy) is 3. The predicted molar refractivity (Wildman–Crippen MR) is 111 cm³/mol. The summed E-state index contributed by atoms with van der Waals surface area (Å²) in [7, 11) is 0. The smallest absolute Gasteiger partial charge is 0.213 e. The zero-order valence-electron chi connectivity index (χ0n) is 18.1. The maximum absolute atomic E-state index is 5.70. The molecule has 0 radical (unpaired) electrons. The first-order valence-corrected chi connectivity index (χ1v) is 9.95. The average Bonchev–Trinajstić information content (AvgIpc) is 2.56. The Morgan fingerprint density at radius 2 is 1.70 bits per heavy atom. The van der Waals surface area contributed by atoms with Crippen molar-refractivity contribution < 1.29 is 14.2 Å². The van der Waals surface area contributed by atoms with Crippen molar-refractivity contribution in [2.45, 2.75) is 72.8 Å². The minimum atomic E-state index is -0.0549. The van der Waals surface area contributed by atoms with E-state index in [-0.39, 0.29) is 11.0 Å². The molecule has 0 fully saturated rings. The van der Waals surface area contributed by atoms with Gasteiger partial charge in [0, 0.05) is 43.9 Å². The number of hydrogen-bond donors (Lipinski definition) is 0. The normalized spacial score (nSPS) is 11.8. The average molecular weight is 376 g/mol. The molecule has 0 bridgehead atoms. The topological polar surface area (TPSA) is 40.6 Å². The van der Waals surface area contributed by atoms with Gasteiger partial charge in [0.15, 0.2) is 0 Å². The van der Waals surface area contributed by atoms with E-state index in [0.29, 0.717) is 19.1 Å². The Bertz CT molecular complexity index is 571. The lowest BCUT2D eigenvalue weighted by Crippen LogP contribution is -2.19. The summed E-state index contributed by atoms with van der Waals surface area (Å²) in [6.07, 6.45) is 5.59. The second kappa shape index (κ2) is 12.0. The maximum atomic E-state index is 5.70. The number of hydrogen-bond acceptors (Lipinski definition) is 4. The van der Waals surface area contributed by atoms with E-state index in [4.69, 9.17) is 14.2 Å². The zero-order chi connectivity index (χ0) is 20.2. The summed E-state index contributed by atoms with van der Waals surface area (Å²) < 4.78 is 17.0. The Kier molecular flexibility index (Phi) is 10.4. The van der Waals surface area contributed by atoms with Gasteiger partial charge in [0.25, 0.3) is 0 Å². The third-order valence-corrected chi connectivity index (χ3v) is 3.42. The lowest BCUT2D eigenvalue weighted by molar-refractivity contribution is -0.00443. The summed E-state index contributed by atoms with van der Waals surface area (Å²) in [6.45, 7) is 15.6. The van der Waals surface area contributed by atoms with Crippen molar-refractivity contribution in [1.29, 1.82) is 0 Å². The van der Waals surface area contributed by atoms with Crippen LogP contribution in [0.25, 0.3) is 0 Å². The number of aromatic nitrogens is 1. The van der Waals surface area contributed by atoms with Crippen LogP contribution in [-0.2, 0) is 9.47 Å². The maximum Gasteiger partial charge on any atom is 0.213 e. The van der Waals surface area contributed by atoms with E-state index in [9.17, 15) is 0 Å². The molecule has 0 amide bonds. The summed E-state index contributed by atoms with van der Waals surface area (Å²) in [5, 5.41) is 0. The van der Waals surface area contributed by atoms with Crippen molar-refractivity contribution in [1.82, 2.24) is 4.98 Å². The second-order valence-electron chi connectivity index (χ2n) is 8.92. The van der Waals surface area contributed by atoms with Gasteiger partial charge in [-0.05, 0) is 45.1 Å². The van der Waals surface area contributed by atoms with Crippen molar-refractivity contribution in [3.8, 4) is 17.7 Å². The molecule has 152 valence electrons. The van der Waals surface area contributed by atoms with E-state index >= 15 is 0 Å². The molecule has 0 saturated heterocycles. The number of unbranched alkanes of at least 4 members (excludes halogenated alkanes) is 2. The molecule has 0 saturated carbocycles. The van der Waals surface area contributed by atoms with Crippen molar-refractivity contribution in [3.05, 3.63) is 23.9 Å². The first-order valence-electron chi connectivity index (χ1n) is 9.95. The summed E-state index contributed by atoms with van der Waals surface area (Å²) in [6, 6.07) is 3.82. The van der Waals surface area contributed by atoms with E-state index in [1.165, 1.54) is 0 Å². The summed E-state index contributed by atoms with van der Waals surface area (Å²) in [5.41, 5.74) is 1.07. The highest BCUT2D eigenvalue weighted by Crippen LogP contribution is 2.13. The van der Waals surface area contributed by atoms with E-state index in [1.807, 2.05) is 12.1 Å². The highest BCUT2D eigenvalue weighted by molar-refractivity contribution is 5.33. The van der Waals surface area contributed by atoms with E-state index in [1.54, 1.807) is 6.20 Å². The van der Waals surface area contributed by atoms with Crippen LogP contribution in [0.15, 0.2) is 18.3 Å². The zero-order valence-corrected chi connectivity index (χ0v) is 18.1. The third kappa shape index (κ3) is 14.2. The minimum absolute atomic E-state index is 0.0549. The van der Waals surface area contributed by atoms with Crippen molar-refractivity contribution in [2.75, 3.05) is 26.4 Å². The van der Waals surface area contributed by atoms with Gasteiger partial charge in [0.1, 0.15) is 0 Å². The second-order valence-corrected chi connectivity index (χ2v) is 8.92. The lowest BCUT2D eigenvalue weighted by Gasteiger charge is -2.19. The van der Waals surface area contributed by atoms with Crippen LogP contribution in [0.2, 0.25) is 0 Å². The standard InChI is InChI=1S/C23H37NO3/c1-22(2,3)19-25-15-11-16-26-21-14-13-20(18-24-21)12-9-7-8-10-17-27-23(4,5)6/h13-14,18H,7-8,10-11,15-17,19H2,1-6H3. The highest BCUT2D eigenvalue weighted by Gasteiger charge is 2.09. The SMILES string of the molecule is CC(C)(C)COCCCOc1ccc(C#CCCCCOC(C)(C)C)cn1. The molecule has 4 heteroatoms. The molecule has 0 aliphatic rings. The lowest BCUT2D eigenvalue weighted by atomic mass is 9.99. The van der Waals surface area contributed by atoms with E-state index in [0.717, 1.165) is 44.5 Å². The first kappa shape index (κ1) is 23.5. The molecule has 1 aromatic rings. The van der Waals surface area contributed by atoms with Crippen LogP contribution in [0.4, 0.5) is 0 Å². The molecular weight excluding hydrogens is 338 g/mol. The molecule has 4 nitrogen and oxygen atoms in total. The fourth-order valence-electron chi connectivity index (χ4n) is 2.11. The monoisotopic (exact) mass is 375 g/mol. The van der Waals surface area contributed by atoms with Gasteiger partial charge in [-0.1, -0.05) is 32.6 Å². The predicted octanol–water partition coefficient (Wildman–Crippen LogP) is 5.25. The van der Waals surface area contributed by atoms with Gasteiger partial charge in [-0.25, -0.2) is 4.98 Å². The molecule has 27 heavy (non-hydrogen) atoms. The van der Waals surface area contributed by atoms with Crippen LogP contribution in [0.3, 0.4) is 0 Å². The minimum Gasteiger partial charge on any atom is -0.478 e. The quantitative estimate of drug-likeness (QED) is 0.414. The molecule has 1 heterocycles. The Morgan fingerprint density at radius 1 is 0.926 bits per heavy atom. The Balaban J connectivity index is 2.15. The molecule has 1 rings (SSSR count). The molecule has 0 N–H and O–H groups in total. The largest absolute Gasteiger partial charge is 0.478 e. The van der Waals surface area contributed by atoms with E-state index < -0.39 is 0 Å². The first-order chi connectivity index (χ1) is 12.7. The summed E-state index contributed by atoms with van der Waals surface area (Å²) in [4.78, 5) is 4.31. The van der Waals surface area contributed by atoms with Gasteiger partial charge in [-0.3, -0.25) is 0 Å². The summed E-state index contributed by atoms with van der Waals surface area (Å²) >= 11 is 0. The van der Waals surface area contributed by atoms with Crippen LogP contribution < -0.4 is 4.74 Å². The van der Waals surface area contributed by atoms with Crippen molar-refractivity contribution >= 4 is 0 Å². The molecule has 0 aliphatic heterocycles. The van der Waals surface area contributed by atoms with Crippen LogP contribution in [-0.4, -0.2) is 37.0 Å². The van der Waals surface area contributed by atoms with Crippen LogP contribution in [0.5, 0.6) is 5.88 Å². The van der Waals surface area contributed by atoms with Gasteiger partial charge < -0.3 is 14.2 Å². The Morgan fingerprint density at radius 3 is 2.33 bits per heavy atom.